The van der Waals surface area contributed by atoms with Crippen molar-refractivity contribution < 1.29 is 4.74 Å². The summed E-state index contributed by atoms with van der Waals surface area (Å²) in [5, 5.41) is 3.55. The van der Waals surface area contributed by atoms with Crippen LogP contribution < -0.4 is 5.32 Å². The zero-order chi connectivity index (χ0) is 11.5. The average Bonchev–Trinajstić information content (AvgIpc) is 2.54. The minimum atomic E-state index is 0.381. The van der Waals surface area contributed by atoms with Gasteiger partial charge in [-0.15, -0.1) is 0 Å². The lowest BCUT2D eigenvalue weighted by Gasteiger charge is -2.32. The number of hydrogen-bond acceptors (Lipinski definition) is 2. The summed E-state index contributed by atoms with van der Waals surface area (Å²) in [7, 11) is 1.85. The molecule has 0 radical (unpaired) electrons. The van der Waals surface area contributed by atoms with E-state index in [0.29, 0.717) is 23.5 Å². The van der Waals surface area contributed by atoms with Crippen molar-refractivity contribution in [1.82, 2.24) is 5.32 Å². The van der Waals surface area contributed by atoms with E-state index >= 15 is 0 Å². The maximum atomic E-state index is 5.68. The fourth-order valence-corrected chi connectivity index (χ4v) is 2.87. The standard InChI is InChI=1S/C13H27NO/c1-10(9-13(2,3)4)12(15-5)11-7-6-8-14-11/h10-12,14H,6-9H2,1-5H3. The molecule has 2 nitrogen and oxygen atoms in total. The van der Waals surface area contributed by atoms with Crippen molar-refractivity contribution in [2.24, 2.45) is 11.3 Å². The second kappa shape index (κ2) is 5.31. The Labute approximate surface area is 94.8 Å². The van der Waals surface area contributed by atoms with Gasteiger partial charge in [-0.2, -0.15) is 0 Å². The molecular weight excluding hydrogens is 186 g/mol. The molecule has 0 aromatic rings. The van der Waals surface area contributed by atoms with E-state index in [-0.39, 0.29) is 0 Å². The zero-order valence-corrected chi connectivity index (χ0v) is 11.0. The molecule has 0 spiro atoms. The Balaban J connectivity index is 2.49. The Hall–Kier alpha value is -0.0800. The van der Waals surface area contributed by atoms with E-state index in [0.717, 1.165) is 6.54 Å². The molecule has 0 aromatic heterocycles. The van der Waals surface area contributed by atoms with Crippen molar-refractivity contribution in [3.05, 3.63) is 0 Å². The Morgan fingerprint density at radius 3 is 2.47 bits per heavy atom. The first kappa shape index (κ1) is 13.0. The second-order valence-corrected chi connectivity index (χ2v) is 6.15. The molecule has 1 aliphatic heterocycles. The van der Waals surface area contributed by atoms with Crippen LogP contribution in [-0.2, 0) is 4.74 Å². The minimum Gasteiger partial charge on any atom is -0.380 e. The predicted molar refractivity (Wildman–Crippen MR) is 65.1 cm³/mol. The van der Waals surface area contributed by atoms with Crippen LogP contribution in [0.2, 0.25) is 0 Å². The molecule has 90 valence electrons. The highest BCUT2D eigenvalue weighted by Gasteiger charge is 2.30. The third kappa shape index (κ3) is 4.12. The Morgan fingerprint density at radius 1 is 1.40 bits per heavy atom. The van der Waals surface area contributed by atoms with E-state index in [1.54, 1.807) is 0 Å². The van der Waals surface area contributed by atoms with Gasteiger partial charge in [-0.1, -0.05) is 27.7 Å². The van der Waals surface area contributed by atoms with Crippen LogP contribution in [0.25, 0.3) is 0 Å². The van der Waals surface area contributed by atoms with Gasteiger partial charge < -0.3 is 10.1 Å². The molecule has 1 rings (SSSR count). The van der Waals surface area contributed by atoms with Crippen molar-refractivity contribution in [2.45, 2.75) is 59.1 Å². The summed E-state index contributed by atoms with van der Waals surface area (Å²) in [6.07, 6.45) is 4.18. The number of hydrogen-bond donors (Lipinski definition) is 1. The van der Waals surface area contributed by atoms with Crippen molar-refractivity contribution in [2.75, 3.05) is 13.7 Å². The van der Waals surface area contributed by atoms with Gasteiger partial charge in [0, 0.05) is 13.2 Å². The fourth-order valence-electron chi connectivity index (χ4n) is 2.87. The van der Waals surface area contributed by atoms with Gasteiger partial charge in [-0.25, -0.2) is 0 Å². The van der Waals surface area contributed by atoms with Crippen molar-refractivity contribution in [3.63, 3.8) is 0 Å². The molecule has 3 unspecified atom stereocenters. The minimum absolute atomic E-state index is 0.381. The first-order valence-electron chi connectivity index (χ1n) is 6.20. The third-order valence-electron chi connectivity index (χ3n) is 3.26. The molecule has 0 aliphatic carbocycles. The summed E-state index contributed by atoms with van der Waals surface area (Å²) in [6, 6.07) is 0.576. The molecule has 2 heteroatoms. The summed E-state index contributed by atoms with van der Waals surface area (Å²) in [4.78, 5) is 0. The third-order valence-corrected chi connectivity index (χ3v) is 3.26. The molecule has 0 saturated carbocycles. The van der Waals surface area contributed by atoms with E-state index in [1.165, 1.54) is 19.3 Å². The monoisotopic (exact) mass is 213 g/mol. The van der Waals surface area contributed by atoms with Crippen LogP contribution in [0.3, 0.4) is 0 Å². The number of methoxy groups -OCH3 is 1. The van der Waals surface area contributed by atoms with Gasteiger partial charge in [0.1, 0.15) is 0 Å². The molecule has 15 heavy (non-hydrogen) atoms. The molecule has 1 aliphatic rings. The molecule has 1 fully saturated rings. The molecule has 1 saturated heterocycles. The Morgan fingerprint density at radius 2 is 2.07 bits per heavy atom. The predicted octanol–water partition coefficient (Wildman–Crippen LogP) is 2.83. The lowest BCUT2D eigenvalue weighted by Crippen LogP contribution is -2.41. The van der Waals surface area contributed by atoms with Crippen LogP contribution >= 0.6 is 0 Å². The quantitative estimate of drug-likeness (QED) is 0.775. The van der Waals surface area contributed by atoms with Gasteiger partial charge in [-0.05, 0) is 37.1 Å². The first-order valence-corrected chi connectivity index (χ1v) is 6.20. The second-order valence-electron chi connectivity index (χ2n) is 6.15. The highest BCUT2D eigenvalue weighted by atomic mass is 16.5. The molecule has 0 aromatic carbocycles. The smallest absolute Gasteiger partial charge is 0.0749 e. The first-order chi connectivity index (χ1) is 6.94. The molecule has 0 amide bonds. The maximum Gasteiger partial charge on any atom is 0.0749 e. The van der Waals surface area contributed by atoms with Crippen LogP contribution in [0.5, 0.6) is 0 Å². The van der Waals surface area contributed by atoms with Crippen molar-refractivity contribution >= 4 is 0 Å². The lowest BCUT2D eigenvalue weighted by atomic mass is 9.81. The topological polar surface area (TPSA) is 21.3 Å². The summed E-state index contributed by atoms with van der Waals surface area (Å²) in [5.41, 5.74) is 0.398. The SMILES string of the molecule is COC(C(C)CC(C)(C)C)C1CCCN1. The summed E-state index contributed by atoms with van der Waals surface area (Å²) < 4.78 is 5.68. The Bertz CT molecular complexity index is 179. The number of ether oxygens (including phenoxy) is 1. The molecule has 1 N–H and O–H groups in total. The Kier molecular flexibility index (Phi) is 4.60. The highest BCUT2D eigenvalue weighted by molar-refractivity contribution is 4.86. The van der Waals surface area contributed by atoms with Gasteiger partial charge in [0.2, 0.25) is 0 Å². The molecule has 0 bridgehead atoms. The van der Waals surface area contributed by atoms with Crippen LogP contribution in [0, 0.1) is 11.3 Å². The van der Waals surface area contributed by atoms with E-state index in [4.69, 9.17) is 4.74 Å². The van der Waals surface area contributed by atoms with Crippen LogP contribution in [0.1, 0.15) is 47.0 Å². The number of rotatable bonds is 4. The van der Waals surface area contributed by atoms with Crippen LogP contribution in [-0.4, -0.2) is 25.8 Å². The van der Waals surface area contributed by atoms with Crippen LogP contribution in [0.15, 0.2) is 0 Å². The van der Waals surface area contributed by atoms with Gasteiger partial charge in [-0.3, -0.25) is 0 Å². The van der Waals surface area contributed by atoms with E-state index in [9.17, 15) is 0 Å². The van der Waals surface area contributed by atoms with E-state index in [1.807, 2.05) is 7.11 Å². The lowest BCUT2D eigenvalue weighted by molar-refractivity contribution is 0.0187. The van der Waals surface area contributed by atoms with Gasteiger partial charge in [0.05, 0.1) is 6.10 Å². The van der Waals surface area contributed by atoms with Crippen molar-refractivity contribution in [1.29, 1.82) is 0 Å². The van der Waals surface area contributed by atoms with E-state index < -0.39 is 0 Å². The van der Waals surface area contributed by atoms with E-state index in [2.05, 4.69) is 33.0 Å². The van der Waals surface area contributed by atoms with Crippen molar-refractivity contribution in [3.8, 4) is 0 Å². The normalized spacial score (nSPS) is 26.6. The molecular formula is C13H27NO. The van der Waals surface area contributed by atoms with Gasteiger partial charge in [0.25, 0.3) is 0 Å². The molecule has 1 heterocycles. The van der Waals surface area contributed by atoms with Crippen LogP contribution in [0.4, 0.5) is 0 Å². The molecule has 3 atom stereocenters. The summed E-state index contributed by atoms with van der Waals surface area (Å²) in [5.74, 6) is 0.630. The van der Waals surface area contributed by atoms with Gasteiger partial charge >= 0.3 is 0 Å². The summed E-state index contributed by atoms with van der Waals surface area (Å²) in [6.45, 7) is 10.4. The highest BCUT2D eigenvalue weighted by Crippen LogP contribution is 2.29. The largest absolute Gasteiger partial charge is 0.380 e. The average molecular weight is 213 g/mol. The maximum absolute atomic E-state index is 5.68. The summed E-state index contributed by atoms with van der Waals surface area (Å²) >= 11 is 0. The van der Waals surface area contributed by atoms with Gasteiger partial charge in [0.15, 0.2) is 0 Å². The number of nitrogens with one attached hydrogen (secondary N) is 1. The fraction of sp³-hybridized carbons (Fsp3) is 1.00. The zero-order valence-electron chi connectivity index (χ0n) is 11.0.